The molecule has 2 aromatic rings. The summed E-state index contributed by atoms with van der Waals surface area (Å²) in [6.45, 7) is 1.75. The van der Waals surface area contributed by atoms with E-state index < -0.39 is 6.10 Å². The Hall–Kier alpha value is -2.11. The van der Waals surface area contributed by atoms with Crippen LogP contribution >= 0.6 is 0 Å². The molecular formula is C15H13NO. The molecular weight excluding hydrogens is 210 g/mol. The first-order valence-electron chi connectivity index (χ1n) is 5.49. The summed E-state index contributed by atoms with van der Waals surface area (Å²) in [6.07, 6.45) is -0.440. The third-order valence-corrected chi connectivity index (χ3v) is 2.74. The quantitative estimate of drug-likeness (QED) is 0.849. The Kier molecular flexibility index (Phi) is 3.22. The van der Waals surface area contributed by atoms with E-state index in [4.69, 9.17) is 5.26 Å². The first-order chi connectivity index (χ1) is 8.20. The number of hydrogen-bond acceptors (Lipinski definition) is 2. The van der Waals surface area contributed by atoms with Crippen molar-refractivity contribution < 1.29 is 5.11 Å². The molecule has 2 aromatic carbocycles. The number of rotatable bonds is 2. The van der Waals surface area contributed by atoms with Crippen molar-refractivity contribution in [3.8, 4) is 17.2 Å². The Morgan fingerprint density at radius 3 is 1.82 bits per heavy atom. The van der Waals surface area contributed by atoms with Gasteiger partial charge in [-0.1, -0.05) is 36.4 Å². The predicted molar refractivity (Wildman–Crippen MR) is 67.2 cm³/mol. The summed E-state index contributed by atoms with van der Waals surface area (Å²) in [6, 6.07) is 17.3. The molecule has 0 bridgehead atoms. The second-order valence-electron chi connectivity index (χ2n) is 3.99. The van der Waals surface area contributed by atoms with Gasteiger partial charge in [-0.3, -0.25) is 0 Å². The van der Waals surface area contributed by atoms with E-state index in [2.05, 4.69) is 6.07 Å². The molecule has 0 saturated carbocycles. The topological polar surface area (TPSA) is 44.0 Å². The van der Waals surface area contributed by atoms with Crippen LogP contribution in [0.2, 0.25) is 0 Å². The number of nitriles is 1. The highest BCUT2D eigenvalue weighted by Gasteiger charge is 2.01. The normalized spacial score (nSPS) is 11.8. The van der Waals surface area contributed by atoms with Crippen LogP contribution in [-0.2, 0) is 0 Å². The number of hydrogen-bond donors (Lipinski definition) is 1. The fourth-order valence-corrected chi connectivity index (χ4v) is 1.69. The van der Waals surface area contributed by atoms with Gasteiger partial charge in [-0.25, -0.2) is 0 Å². The van der Waals surface area contributed by atoms with E-state index in [-0.39, 0.29) is 0 Å². The molecule has 2 nitrogen and oxygen atoms in total. The SMILES string of the molecule is CC(O)c1ccc(-c2ccc(C#N)cc2)cc1. The molecule has 0 fully saturated rings. The molecule has 0 aliphatic rings. The van der Waals surface area contributed by atoms with Crippen molar-refractivity contribution in [3.63, 3.8) is 0 Å². The van der Waals surface area contributed by atoms with Crippen LogP contribution in [0.15, 0.2) is 48.5 Å². The average molecular weight is 223 g/mol. The molecule has 0 amide bonds. The summed E-state index contributed by atoms with van der Waals surface area (Å²) in [4.78, 5) is 0. The molecule has 0 radical (unpaired) electrons. The molecule has 1 unspecified atom stereocenters. The fourth-order valence-electron chi connectivity index (χ4n) is 1.69. The van der Waals surface area contributed by atoms with Gasteiger partial charge in [0.15, 0.2) is 0 Å². The van der Waals surface area contributed by atoms with Crippen molar-refractivity contribution in [2.75, 3.05) is 0 Å². The van der Waals surface area contributed by atoms with E-state index in [1.807, 2.05) is 36.4 Å². The molecule has 0 aromatic heterocycles. The lowest BCUT2D eigenvalue weighted by atomic mass is 10.0. The maximum absolute atomic E-state index is 9.42. The van der Waals surface area contributed by atoms with Gasteiger partial charge in [0.25, 0.3) is 0 Å². The first kappa shape index (κ1) is 11.4. The highest BCUT2D eigenvalue weighted by molar-refractivity contribution is 5.64. The van der Waals surface area contributed by atoms with Crippen LogP contribution in [0.3, 0.4) is 0 Å². The van der Waals surface area contributed by atoms with E-state index >= 15 is 0 Å². The Labute approximate surface area is 101 Å². The summed E-state index contributed by atoms with van der Waals surface area (Å²) in [5.41, 5.74) is 3.72. The Morgan fingerprint density at radius 1 is 0.941 bits per heavy atom. The predicted octanol–water partition coefficient (Wildman–Crippen LogP) is 3.28. The van der Waals surface area contributed by atoms with Gasteiger partial charge in [0.2, 0.25) is 0 Å². The molecule has 0 aliphatic carbocycles. The number of nitrogens with zero attached hydrogens (tertiary/aromatic N) is 1. The smallest absolute Gasteiger partial charge is 0.0991 e. The van der Waals surface area contributed by atoms with Crippen molar-refractivity contribution in [1.82, 2.24) is 0 Å². The maximum atomic E-state index is 9.42. The summed E-state index contributed by atoms with van der Waals surface area (Å²) in [5.74, 6) is 0. The van der Waals surface area contributed by atoms with Crippen molar-refractivity contribution in [2.45, 2.75) is 13.0 Å². The largest absolute Gasteiger partial charge is 0.389 e. The zero-order valence-electron chi connectivity index (χ0n) is 9.59. The third kappa shape index (κ3) is 2.52. The van der Waals surface area contributed by atoms with Crippen LogP contribution < -0.4 is 0 Å². The minimum Gasteiger partial charge on any atom is -0.389 e. The zero-order valence-corrected chi connectivity index (χ0v) is 9.59. The van der Waals surface area contributed by atoms with Gasteiger partial charge in [0, 0.05) is 0 Å². The van der Waals surface area contributed by atoms with Crippen LogP contribution in [-0.4, -0.2) is 5.11 Å². The van der Waals surface area contributed by atoms with Crippen LogP contribution in [0.4, 0.5) is 0 Å². The van der Waals surface area contributed by atoms with Gasteiger partial charge in [-0.2, -0.15) is 5.26 Å². The number of benzene rings is 2. The van der Waals surface area contributed by atoms with Crippen molar-refractivity contribution >= 4 is 0 Å². The van der Waals surface area contributed by atoms with Crippen LogP contribution in [0.5, 0.6) is 0 Å². The zero-order chi connectivity index (χ0) is 12.3. The Morgan fingerprint density at radius 2 is 1.41 bits per heavy atom. The van der Waals surface area contributed by atoms with E-state index in [0.29, 0.717) is 5.56 Å². The second kappa shape index (κ2) is 4.82. The lowest BCUT2D eigenvalue weighted by Crippen LogP contribution is -1.90. The van der Waals surface area contributed by atoms with Gasteiger partial charge in [0.05, 0.1) is 17.7 Å². The highest BCUT2D eigenvalue weighted by atomic mass is 16.3. The van der Waals surface area contributed by atoms with Crippen molar-refractivity contribution in [3.05, 3.63) is 59.7 Å². The summed E-state index contributed by atoms with van der Waals surface area (Å²) in [5, 5.41) is 18.1. The monoisotopic (exact) mass is 223 g/mol. The van der Waals surface area contributed by atoms with E-state index in [1.54, 1.807) is 19.1 Å². The van der Waals surface area contributed by atoms with Crippen LogP contribution in [0.1, 0.15) is 24.2 Å². The summed E-state index contributed by atoms with van der Waals surface area (Å²) in [7, 11) is 0. The average Bonchev–Trinajstić information content (AvgIpc) is 2.39. The third-order valence-electron chi connectivity index (χ3n) is 2.74. The Bertz CT molecular complexity index is 533. The molecule has 2 heteroatoms. The van der Waals surface area contributed by atoms with Gasteiger partial charge >= 0.3 is 0 Å². The molecule has 2 rings (SSSR count). The molecule has 0 spiro atoms. The minimum atomic E-state index is -0.440. The lowest BCUT2D eigenvalue weighted by molar-refractivity contribution is 0.199. The molecule has 1 N–H and O–H groups in total. The van der Waals surface area contributed by atoms with E-state index in [1.165, 1.54) is 0 Å². The van der Waals surface area contributed by atoms with Crippen molar-refractivity contribution in [2.24, 2.45) is 0 Å². The van der Waals surface area contributed by atoms with Gasteiger partial charge in [-0.15, -0.1) is 0 Å². The lowest BCUT2D eigenvalue weighted by Gasteiger charge is -2.06. The van der Waals surface area contributed by atoms with Gasteiger partial charge in [0.1, 0.15) is 0 Å². The van der Waals surface area contributed by atoms with Gasteiger partial charge < -0.3 is 5.11 Å². The molecule has 1 atom stereocenters. The Balaban J connectivity index is 2.30. The maximum Gasteiger partial charge on any atom is 0.0991 e. The standard InChI is InChI=1S/C15H13NO/c1-11(17)13-6-8-15(9-7-13)14-4-2-12(10-16)3-5-14/h2-9,11,17H,1H3. The summed E-state index contributed by atoms with van der Waals surface area (Å²) < 4.78 is 0. The minimum absolute atomic E-state index is 0.440. The van der Waals surface area contributed by atoms with E-state index in [0.717, 1.165) is 16.7 Å². The van der Waals surface area contributed by atoms with Crippen LogP contribution in [0, 0.1) is 11.3 Å². The van der Waals surface area contributed by atoms with Crippen LogP contribution in [0.25, 0.3) is 11.1 Å². The molecule has 0 saturated heterocycles. The number of aliphatic hydroxyl groups excluding tert-OH is 1. The second-order valence-corrected chi connectivity index (χ2v) is 3.99. The van der Waals surface area contributed by atoms with E-state index in [9.17, 15) is 5.11 Å². The molecule has 0 aliphatic heterocycles. The summed E-state index contributed by atoms with van der Waals surface area (Å²) >= 11 is 0. The molecule has 17 heavy (non-hydrogen) atoms. The molecule has 0 heterocycles. The molecule has 84 valence electrons. The fraction of sp³-hybridized carbons (Fsp3) is 0.133. The first-order valence-corrected chi connectivity index (χ1v) is 5.49. The van der Waals surface area contributed by atoms with Crippen molar-refractivity contribution in [1.29, 1.82) is 5.26 Å². The van der Waals surface area contributed by atoms with Gasteiger partial charge in [-0.05, 0) is 35.7 Å². The highest BCUT2D eigenvalue weighted by Crippen LogP contribution is 2.22. The number of aliphatic hydroxyl groups is 1.